The third kappa shape index (κ3) is 4.85. The minimum absolute atomic E-state index is 0.345. The maximum atomic E-state index is 6.50. The van der Waals surface area contributed by atoms with Crippen LogP contribution in [0.15, 0.2) is 24.3 Å². The van der Waals surface area contributed by atoms with E-state index in [1.54, 1.807) is 0 Å². The van der Waals surface area contributed by atoms with Crippen molar-refractivity contribution in [2.75, 3.05) is 0 Å². The second-order valence-electron chi connectivity index (χ2n) is 7.33. The van der Waals surface area contributed by atoms with Gasteiger partial charge in [0.1, 0.15) is 0 Å². The molecule has 1 aliphatic rings. The molecule has 1 aliphatic carbocycles. The zero-order chi connectivity index (χ0) is 15.2. The minimum atomic E-state index is 0.345. The Morgan fingerprint density at radius 2 is 1.67 bits per heavy atom. The van der Waals surface area contributed by atoms with Crippen LogP contribution < -0.4 is 5.73 Å². The summed E-state index contributed by atoms with van der Waals surface area (Å²) in [6.07, 6.45) is 9.28. The van der Waals surface area contributed by atoms with E-state index in [1.165, 1.54) is 49.7 Å². The van der Waals surface area contributed by atoms with Crippen molar-refractivity contribution in [3.05, 3.63) is 35.4 Å². The zero-order valence-electron chi connectivity index (χ0n) is 14.1. The molecule has 0 radical (unpaired) electrons. The number of rotatable bonds is 6. The molecule has 0 heterocycles. The topological polar surface area (TPSA) is 26.0 Å². The Balaban J connectivity index is 1.83. The van der Waals surface area contributed by atoms with Crippen LogP contribution in [0.2, 0.25) is 0 Å². The third-order valence-corrected chi connectivity index (χ3v) is 5.31. The van der Waals surface area contributed by atoms with Crippen molar-refractivity contribution in [3.63, 3.8) is 0 Å². The molecule has 2 rings (SSSR count). The molecule has 1 saturated carbocycles. The van der Waals surface area contributed by atoms with E-state index in [4.69, 9.17) is 5.73 Å². The van der Waals surface area contributed by atoms with Crippen molar-refractivity contribution < 1.29 is 0 Å². The zero-order valence-corrected chi connectivity index (χ0v) is 14.1. The Bertz CT molecular complexity index is 398. The molecule has 1 heteroatoms. The van der Waals surface area contributed by atoms with E-state index in [2.05, 4.69) is 45.0 Å². The van der Waals surface area contributed by atoms with Crippen molar-refractivity contribution in [1.82, 2.24) is 0 Å². The van der Waals surface area contributed by atoms with E-state index in [-0.39, 0.29) is 0 Å². The smallest absolute Gasteiger partial charge is 0.0108 e. The molecule has 1 fully saturated rings. The van der Waals surface area contributed by atoms with Crippen LogP contribution in [0.5, 0.6) is 0 Å². The lowest BCUT2D eigenvalue weighted by Crippen LogP contribution is -2.34. The average molecular weight is 287 g/mol. The van der Waals surface area contributed by atoms with Crippen molar-refractivity contribution in [1.29, 1.82) is 0 Å². The summed E-state index contributed by atoms with van der Waals surface area (Å²) < 4.78 is 0. The fraction of sp³-hybridized carbons (Fsp3) is 0.700. The third-order valence-electron chi connectivity index (χ3n) is 5.31. The molecular weight excluding hydrogens is 254 g/mol. The lowest BCUT2D eigenvalue weighted by molar-refractivity contribution is 0.232. The summed E-state index contributed by atoms with van der Waals surface area (Å²) in [5.74, 6) is 2.33. The van der Waals surface area contributed by atoms with E-state index in [0.717, 1.165) is 18.3 Å². The Labute approximate surface area is 131 Å². The first-order chi connectivity index (χ1) is 10.1. The van der Waals surface area contributed by atoms with Gasteiger partial charge in [-0.2, -0.15) is 0 Å². The number of hydrogen-bond acceptors (Lipinski definition) is 1. The monoisotopic (exact) mass is 287 g/mol. The maximum Gasteiger partial charge on any atom is 0.0108 e. The summed E-state index contributed by atoms with van der Waals surface area (Å²) in [6.45, 7) is 6.80. The van der Waals surface area contributed by atoms with Crippen LogP contribution in [0.1, 0.15) is 76.3 Å². The molecule has 2 N–H and O–H groups in total. The van der Waals surface area contributed by atoms with Gasteiger partial charge < -0.3 is 5.73 Å². The predicted octanol–water partition coefficient (Wildman–Crippen LogP) is 5.29. The first-order valence-electron chi connectivity index (χ1n) is 8.94. The summed E-state index contributed by atoms with van der Waals surface area (Å²) in [4.78, 5) is 0. The lowest BCUT2D eigenvalue weighted by Gasteiger charge is -2.32. The van der Waals surface area contributed by atoms with Crippen LogP contribution in [0, 0.1) is 11.8 Å². The van der Waals surface area contributed by atoms with Crippen LogP contribution in [-0.4, -0.2) is 6.04 Å². The van der Waals surface area contributed by atoms with E-state index in [1.807, 2.05) is 0 Å². The Morgan fingerprint density at radius 3 is 2.19 bits per heavy atom. The largest absolute Gasteiger partial charge is 0.327 e. The number of hydrogen-bond donors (Lipinski definition) is 1. The van der Waals surface area contributed by atoms with E-state index >= 15 is 0 Å². The maximum absolute atomic E-state index is 6.50. The van der Waals surface area contributed by atoms with E-state index < -0.39 is 0 Å². The normalized spacial score (nSPS) is 24.2. The molecule has 118 valence electrons. The number of nitrogens with two attached hydrogens (primary N) is 1. The van der Waals surface area contributed by atoms with Gasteiger partial charge in [-0.15, -0.1) is 0 Å². The molecule has 21 heavy (non-hydrogen) atoms. The lowest BCUT2D eigenvalue weighted by atomic mass is 9.76. The summed E-state index contributed by atoms with van der Waals surface area (Å²) in [5.41, 5.74) is 9.33. The summed E-state index contributed by atoms with van der Waals surface area (Å²) in [6, 6.07) is 9.43. The Morgan fingerprint density at radius 1 is 1.05 bits per heavy atom. The fourth-order valence-electron chi connectivity index (χ4n) is 3.79. The van der Waals surface area contributed by atoms with Crippen LogP contribution in [0.4, 0.5) is 0 Å². The standard InChI is InChI=1S/C20H33N/c1-4-5-16-6-12-19(13-7-16)20(21)14-17-8-10-18(11-9-17)15(2)3/h8-11,15-16,19-20H,4-7,12-14,21H2,1-3H3. The quantitative estimate of drug-likeness (QED) is 0.756. The molecular formula is C20H33N. The van der Waals surface area contributed by atoms with Crippen molar-refractivity contribution in [2.24, 2.45) is 17.6 Å². The van der Waals surface area contributed by atoms with Gasteiger partial charge in [-0.25, -0.2) is 0 Å². The van der Waals surface area contributed by atoms with Gasteiger partial charge in [-0.05, 0) is 48.1 Å². The Hall–Kier alpha value is -0.820. The van der Waals surface area contributed by atoms with Gasteiger partial charge in [0, 0.05) is 6.04 Å². The molecule has 0 amide bonds. The van der Waals surface area contributed by atoms with Crippen LogP contribution >= 0.6 is 0 Å². The molecule has 1 aromatic carbocycles. The van der Waals surface area contributed by atoms with Crippen molar-refractivity contribution in [3.8, 4) is 0 Å². The minimum Gasteiger partial charge on any atom is -0.327 e. The second-order valence-corrected chi connectivity index (χ2v) is 7.33. The highest BCUT2D eigenvalue weighted by atomic mass is 14.6. The highest BCUT2D eigenvalue weighted by Gasteiger charge is 2.25. The molecule has 0 spiro atoms. The Kier molecular flexibility index (Phi) is 6.29. The SMILES string of the molecule is CCCC1CCC(C(N)Cc2ccc(C(C)C)cc2)CC1. The molecule has 0 aromatic heterocycles. The summed E-state index contributed by atoms with van der Waals surface area (Å²) >= 11 is 0. The second kappa shape index (κ2) is 7.98. The first-order valence-corrected chi connectivity index (χ1v) is 8.94. The van der Waals surface area contributed by atoms with Crippen molar-refractivity contribution in [2.45, 2.75) is 77.7 Å². The van der Waals surface area contributed by atoms with Gasteiger partial charge in [-0.1, -0.05) is 70.7 Å². The highest BCUT2D eigenvalue weighted by Crippen LogP contribution is 2.33. The average Bonchev–Trinajstić information content (AvgIpc) is 2.49. The summed E-state index contributed by atoms with van der Waals surface area (Å²) in [5, 5.41) is 0. The number of benzene rings is 1. The van der Waals surface area contributed by atoms with Gasteiger partial charge >= 0.3 is 0 Å². The van der Waals surface area contributed by atoms with Crippen LogP contribution in [0.3, 0.4) is 0 Å². The van der Waals surface area contributed by atoms with E-state index in [0.29, 0.717) is 12.0 Å². The van der Waals surface area contributed by atoms with Gasteiger partial charge in [0.2, 0.25) is 0 Å². The predicted molar refractivity (Wildman–Crippen MR) is 92.6 cm³/mol. The van der Waals surface area contributed by atoms with Crippen molar-refractivity contribution >= 4 is 0 Å². The molecule has 1 aromatic rings. The molecule has 0 bridgehead atoms. The van der Waals surface area contributed by atoms with E-state index in [9.17, 15) is 0 Å². The summed E-state index contributed by atoms with van der Waals surface area (Å²) in [7, 11) is 0. The molecule has 1 nitrogen and oxygen atoms in total. The van der Waals surface area contributed by atoms with Crippen LogP contribution in [0.25, 0.3) is 0 Å². The molecule has 1 atom stereocenters. The first kappa shape index (κ1) is 16.5. The van der Waals surface area contributed by atoms with Crippen LogP contribution in [-0.2, 0) is 6.42 Å². The molecule has 1 unspecified atom stereocenters. The molecule has 0 saturated heterocycles. The van der Waals surface area contributed by atoms with Gasteiger partial charge in [-0.3, -0.25) is 0 Å². The highest BCUT2D eigenvalue weighted by molar-refractivity contribution is 5.25. The van der Waals surface area contributed by atoms with Gasteiger partial charge in [0.15, 0.2) is 0 Å². The fourth-order valence-corrected chi connectivity index (χ4v) is 3.79. The van der Waals surface area contributed by atoms with Gasteiger partial charge in [0.05, 0.1) is 0 Å². The molecule has 0 aliphatic heterocycles. The van der Waals surface area contributed by atoms with Gasteiger partial charge in [0.25, 0.3) is 0 Å².